The third kappa shape index (κ3) is 4.62. The van der Waals surface area contributed by atoms with Crippen molar-refractivity contribution in [2.24, 2.45) is 0 Å². The van der Waals surface area contributed by atoms with E-state index in [9.17, 15) is 14.4 Å². The zero-order valence-corrected chi connectivity index (χ0v) is 13.0. The highest BCUT2D eigenvalue weighted by Crippen LogP contribution is 2.06. The highest BCUT2D eigenvalue weighted by Gasteiger charge is 2.28. The number of nitrogens with one attached hydrogen (secondary N) is 4. The average molecular weight is 328 g/mol. The first-order valence-electron chi connectivity index (χ1n) is 7.21. The van der Waals surface area contributed by atoms with Crippen molar-refractivity contribution in [3.05, 3.63) is 60.9 Å². The Labute approximate surface area is 138 Å². The van der Waals surface area contributed by atoms with E-state index < -0.39 is 23.9 Å². The summed E-state index contributed by atoms with van der Waals surface area (Å²) in [6, 6.07) is 14.2. The fraction of sp³-hybridized carbons (Fsp3) is 0.125. The highest BCUT2D eigenvalue weighted by atomic mass is 16.2. The molecule has 1 atom stereocenters. The molecule has 24 heavy (non-hydrogen) atoms. The summed E-state index contributed by atoms with van der Waals surface area (Å²) in [6.07, 6.45) is 2.38. The summed E-state index contributed by atoms with van der Waals surface area (Å²) in [5, 5.41) is 4.93. The van der Waals surface area contributed by atoms with Crippen LogP contribution in [0.4, 0.5) is 5.69 Å². The van der Waals surface area contributed by atoms with Gasteiger partial charge in [-0.3, -0.25) is 19.8 Å². The van der Waals surface area contributed by atoms with Gasteiger partial charge in [0.05, 0.1) is 0 Å². The maximum absolute atomic E-state index is 12.5. The maximum Gasteiger partial charge on any atom is 0.323 e. The Hall–Kier alpha value is -3.26. The Morgan fingerprint density at radius 1 is 0.917 bits per heavy atom. The van der Waals surface area contributed by atoms with Gasteiger partial charge in [-0.25, -0.2) is 0 Å². The largest absolute Gasteiger partial charge is 0.351 e. The summed E-state index contributed by atoms with van der Waals surface area (Å²) < 4.78 is 1.56. The molecule has 0 radical (unpaired) electrons. The molecule has 4 N–H and O–H groups in total. The summed E-state index contributed by atoms with van der Waals surface area (Å²) >= 11 is 0. The van der Waals surface area contributed by atoms with Crippen LogP contribution in [0.1, 0.15) is 6.17 Å². The lowest BCUT2D eigenvalue weighted by molar-refractivity contribution is -0.715. The lowest BCUT2D eigenvalue weighted by Crippen LogP contribution is -2.59. The quantitative estimate of drug-likeness (QED) is 0.337. The molecule has 0 saturated carbocycles. The number of pyridine rings is 1. The van der Waals surface area contributed by atoms with Crippen LogP contribution in [0.15, 0.2) is 60.9 Å². The minimum absolute atomic E-state index is 0.408. The van der Waals surface area contributed by atoms with E-state index in [1.807, 2.05) is 6.07 Å². The SMILES string of the molecule is CNC(=O)C(=O)NNC(C(=O)Nc1ccccc1)[n+]1ccccc1. The van der Waals surface area contributed by atoms with Gasteiger partial charge in [0.1, 0.15) is 0 Å². The van der Waals surface area contributed by atoms with Gasteiger partial charge < -0.3 is 10.6 Å². The molecule has 1 aromatic heterocycles. The second-order valence-corrected chi connectivity index (χ2v) is 4.76. The lowest BCUT2D eigenvalue weighted by atomic mass is 10.3. The number of carbonyl (C=O) groups excluding carboxylic acids is 3. The van der Waals surface area contributed by atoms with Gasteiger partial charge >= 0.3 is 23.9 Å². The lowest BCUT2D eigenvalue weighted by Gasteiger charge is -2.14. The van der Waals surface area contributed by atoms with E-state index in [0.29, 0.717) is 5.69 Å². The Morgan fingerprint density at radius 2 is 1.54 bits per heavy atom. The van der Waals surface area contributed by atoms with Crippen molar-refractivity contribution in [3.8, 4) is 0 Å². The third-order valence-electron chi connectivity index (χ3n) is 3.08. The van der Waals surface area contributed by atoms with Crippen LogP contribution in [0.2, 0.25) is 0 Å². The Bertz CT molecular complexity index is 706. The van der Waals surface area contributed by atoms with E-state index in [1.165, 1.54) is 7.05 Å². The maximum atomic E-state index is 12.5. The van der Waals surface area contributed by atoms with Crippen LogP contribution in [0.25, 0.3) is 0 Å². The molecule has 3 amide bonds. The smallest absolute Gasteiger partial charge is 0.323 e. The summed E-state index contributed by atoms with van der Waals surface area (Å²) in [5.41, 5.74) is 5.39. The number of para-hydroxylation sites is 1. The van der Waals surface area contributed by atoms with E-state index >= 15 is 0 Å². The van der Waals surface area contributed by atoms with Crippen LogP contribution in [-0.2, 0) is 14.4 Å². The number of hydrogen-bond acceptors (Lipinski definition) is 4. The number of benzene rings is 1. The number of likely N-dealkylation sites (N-methyl/N-ethyl adjacent to an activating group) is 1. The van der Waals surface area contributed by atoms with Gasteiger partial charge in [-0.1, -0.05) is 24.3 Å². The number of aromatic nitrogens is 1. The molecule has 0 bridgehead atoms. The molecule has 124 valence electrons. The number of carbonyl (C=O) groups is 3. The van der Waals surface area contributed by atoms with Gasteiger partial charge in [0.15, 0.2) is 12.4 Å². The second kappa shape index (κ2) is 8.39. The predicted octanol–water partition coefficient (Wildman–Crippen LogP) is -0.522. The predicted molar refractivity (Wildman–Crippen MR) is 86.1 cm³/mol. The van der Waals surface area contributed by atoms with Crippen molar-refractivity contribution in [1.29, 1.82) is 0 Å². The van der Waals surface area contributed by atoms with Crippen LogP contribution in [0.5, 0.6) is 0 Å². The number of amides is 3. The molecule has 1 heterocycles. The monoisotopic (exact) mass is 328 g/mol. The standard InChI is InChI=1S/C16H17N5O3/c1-17-15(23)16(24)20-19-13(21-10-6-3-7-11-21)14(22)18-12-8-4-2-5-9-12/h2-11,13H,1H3,(H3-,17,18,19,20,22,23,24)/p+1. The summed E-state index contributed by atoms with van der Waals surface area (Å²) in [7, 11) is 1.34. The van der Waals surface area contributed by atoms with E-state index in [2.05, 4.69) is 21.5 Å². The molecule has 2 rings (SSSR count). The fourth-order valence-corrected chi connectivity index (χ4v) is 1.90. The van der Waals surface area contributed by atoms with Crippen molar-refractivity contribution >= 4 is 23.4 Å². The third-order valence-corrected chi connectivity index (χ3v) is 3.08. The van der Waals surface area contributed by atoms with Crippen LogP contribution in [-0.4, -0.2) is 24.8 Å². The Balaban J connectivity index is 2.12. The number of hydrogen-bond donors (Lipinski definition) is 4. The molecule has 0 fully saturated rings. The molecular weight excluding hydrogens is 310 g/mol. The Morgan fingerprint density at radius 3 is 2.17 bits per heavy atom. The molecule has 0 spiro atoms. The van der Waals surface area contributed by atoms with Crippen LogP contribution in [0, 0.1) is 0 Å². The number of nitrogens with zero attached hydrogens (tertiary/aromatic N) is 1. The van der Waals surface area contributed by atoms with E-state index in [0.717, 1.165) is 0 Å². The normalized spacial score (nSPS) is 11.2. The van der Waals surface area contributed by atoms with Crippen LogP contribution in [0.3, 0.4) is 0 Å². The summed E-state index contributed by atoms with van der Waals surface area (Å²) in [6.45, 7) is 0. The number of anilines is 1. The van der Waals surface area contributed by atoms with Gasteiger partial charge in [0, 0.05) is 24.9 Å². The molecule has 1 aromatic carbocycles. The molecular formula is C16H18N5O3+. The molecule has 0 aliphatic carbocycles. The molecule has 8 heteroatoms. The van der Waals surface area contributed by atoms with Gasteiger partial charge in [0.25, 0.3) is 0 Å². The first-order valence-corrected chi connectivity index (χ1v) is 7.21. The number of rotatable bonds is 5. The van der Waals surface area contributed by atoms with Crippen molar-refractivity contribution in [3.63, 3.8) is 0 Å². The van der Waals surface area contributed by atoms with E-state index in [-0.39, 0.29) is 0 Å². The zero-order chi connectivity index (χ0) is 17.4. The topological polar surface area (TPSA) is 103 Å². The minimum atomic E-state index is -0.944. The fourth-order valence-electron chi connectivity index (χ4n) is 1.90. The molecule has 0 saturated heterocycles. The average Bonchev–Trinajstić information content (AvgIpc) is 2.62. The first-order chi connectivity index (χ1) is 11.6. The van der Waals surface area contributed by atoms with E-state index in [1.54, 1.807) is 59.4 Å². The second-order valence-electron chi connectivity index (χ2n) is 4.76. The highest BCUT2D eigenvalue weighted by molar-refractivity contribution is 6.34. The molecule has 0 aliphatic heterocycles. The molecule has 0 aliphatic rings. The molecule has 1 unspecified atom stereocenters. The van der Waals surface area contributed by atoms with Crippen molar-refractivity contribution in [1.82, 2.24) is 16.2 Å². The van der Waals surface area contributed by atoms with Gasteiger partial charge in [0.2, 0.25) is 0 Å². The Kier molecular flexibility index (Phi) is 5.98. The van der Waals surface area contributed by atoms with Crippen molar-refractivity contribution < 1.29 is 19.0 Å². The minimum Gasteiger partial charge on any atom is -0.351 e. The molecule has 8 nitrogen and oxygen atoms in total. The summed E-state index contributed by atoms with van der Waals surface area (Å²) in [5.74, 6) is -2.12. The first kappa shape index (κ1) is 17.1. The summed E-state index contributed by atoms with van der Waals surface area (Å²) in [4.78, 5) is 35.3. The van der Waals surface area contributed by atoms with Gasteiger partial charge in [-0.15, -0.1) is 0 Å². The zero-order valence-electron chi connectivity index (χ0n) is 13.0. The number of hydrazine groups is 1. The van der Waals surface area contributed by atoms with Crippen LogP contribution >= 0.6 is 0 Å². The molecule has 2 aromatic rings. The van der Waals surface area contributed by atoms with Crippen molar-refractivity contribution in [2.75, 3.05) is 12.4 Å². The van der Waals surface area contributed by atoms with Gasteiger partial charge in [-0.2, -0.15) is 9.99 Å². The van der Waals surface area contributed by atoms with Gasteiger partial charge in [-0.05, 0) is 12.1 Å². The van der Waals surface area contributed by atoms with E-state index in [4.69, 9.17) is 0 Å². The van der Waals surface area contributed by atoms with Crippen LogP contribution < -0.4 is 26.1 Å². The van der Waals surface area contributed by atoms with Crippen molar-refractivity contribution in [2.45, 2.75) is 6.17 Å².